The molecule has 0 saturated heterocycles. The van der Waals surface area contributed by atoms with E-state index in [4.69, 9.17) is 5.11 Å². The third-order valence-corrected chi connectivity index (χ3v) is 3.59. The maximum absolute atomic E-state index is 10.5. The van der Waals surface area contributed by atoms with Crippen molar-refractivity contribution >= 4 is 32.7 Å². The van der Waals surface area contributed by atoms with Crippen molar-refractivity contribution in [1.29, 1.82) is 0 Å². The zero-order valence-corrected chi connectivity index (χ0v) is 11.2. The van der Waals surface area contributed by atoms with Gasteiger partial charge in [-0.25, -0.2) is 0 Å². The zero-order chi connectivity index (χ0) is 13.1. The molecule has 0 bridgehead atoms. The summed E-state index contributed by atoms with van der Waals surface area (Å²) in [5.74, 6) is -0.893. The first-order chi connectivity index (χ1) is 8.59. The van der Waals surface area contributed by atoms with Crippen LogP contribution in [0.1, 0.15) is 24.5 Å². The number of rotatable bonds is 4. The third-order valence-electron chi connectivity index (χ3n) is 2.90. The van der Waals surface area contributed by atoms with Gasteiger partial charge in [-0.05, 0) is 28.8 Å². The largest absolute Gasteiger partial charge is 0.481 e. The molecule has 0 radical (unpaired) electrons. The van der Waals surface area contributed by atoms with Crippen LogP contribution in [0, 0.1) is 0 Å². The fraction of sp³-hybridized carbons (Fsp3) is 0.214. The molecule has 0 aromatic heterocycles. The number of fused-ring (bicyclic) bond motifs is 1. The Morgan fingerprint density at radius 3 is 2.50 bits per heavy atom. The van der Waals surface area contributed by atoms with Crippen LogP contribution >= 0.6 is 15.9 Å². The van der Waals surface area contributed by atoms with Gasteiger partial charge in [-0.3, -0.25) is 4.79 Å². The molecule has 0 aliphatic carbocycles. The summed E-state index contributed by atoms with van der Waals surface area (Å²) in [4.78, 5) is 10.5. The number of aliphatic hydroxyl groups excluding tert-OH is 1. The molecule has 2 aromatic rings. The van der Waals surface area contributed by atoms with Crippen LogP contribution in [0.15, 0.2) is 40.9 Å². The summed E-state index contributed by atoms with van der Waals surface area (Å²) in [6, 6.07) is 11.4. The molecule has 0 aliphatic rings. The Kier molecular flexibility index (Phi) is 3.99. The van der Waals surface area contributed by atoms with Crippen molar-refractivity contribution in [1.82, 2.24) is 0 Å². The number of hydrogen-bond donors (Lipinski definition) is 2. The maximum Gasteiger partial charge on any atom is 0.303 e. The van der Waals surface area contributed by atoms with Crippen molar-refractivity contribution < 1.29 is 15.0 Å². The predicted octanol–water partition coefficient (Wildman–Crippen LogP) is 3.50. The van der Waals surface area contributed by atoms with Crippen molar-refractivity contribution in [2.75, 3.05) is 0 Å². The lowest BCUT2D eigenvalue weighted by Crippen LogP contribution is -2.03. The van der Waals surface area contributed by atoms with Crippen LogP contribution in [0.3, 0.4) is 0 Å². The van der Waals surface area contributed by atoms with Crippen molar-refractivity contribution in [3.63, 3.8) is 0 Å². The van der Waals surface area contributed by atoms with E-state index in [2.05, 4.69) is 15.9 Å². The molecule has 94 valence electrons. The predicted molar refractivity (Wildman–Crippen MR) is 73.5 cm³/mol. The third kappa shape index (κ3) is 2.71. The van der Waals surface area contributed by atoms with Crippen LogP contribution in [0.5, 0.6) is 0 Å². The Labute approximate surface area is 113 Å². The summed E-state index contributed by atoms with van der Waals surface area (Å²) in [5, 5.41) is 20.7. The molecule has 3 nitrogen and oxygen atoms in total. The van der Waals surface area contributed by atoms with Crippen molar-refractivity contribution in [2.45, 2.75) is 18.9 Å². The van der Waals surface area contributed by atoms with Gasteiger partial charge in [0.2, 0.25) is 0 Å². The van der Waals surface area contributed by atoms with Crippen LogP contribution < -0.4 is 0 Å². The van der Waals surface area contributed by atoms with E-state index in [1.165, 1.54) is 0 Å². The average Bonchev–Trinajstić information content (AvgIpc) is 2.37. The number of hydrogen-bond acceptors (Lipinski definition) is 2. The van der Waals surface area contributed by atoms with Crippen molar-refractivity contribution in [2.24, 2.45) is 0 Å². The van der Waals surface area contributed by atoms with Crippen LogP contribution in [-0.2, 0) is 4.79 Å². The number of carboxylic acid groups (broad SMARTS) is 1. The maximum atomic E-state index is 10.5. The molecule has 2 N–H and O–H groups in total. The monoisotopic (exact) mass is 308 g/mol. The molecular formula is C14H13BrO3. The first-order valence-electron chi connectivity index (χ1n) is 5.66. The van der Waals surface area contributed by atoms with E-state index in [9.17, 15) is 9.90 Å². The SMILES string of the molecule is O=C(O)CCC(O)c1ccc(Br)c2ccccc12. The summed E-state index contributed by atoms with van der Waals surface area (Å²) in [7, 11) is 0. The molecular weight excluding hydrogens is 296 g/mol. The summed E-state index contributed by atoms with van der Waals surface area (Å²) in [6.45, 7) is 0. The van der Waals surface area contributed by atoms with Crippen molar-refractivity contribution in [3.05, 3.63) is 46.4 Å². The van der Waals surface area contributed by atoms with E-state index in [-0.39, 0.29) is 12.8 Å². The molecule has 4 heteroatoms. The number of aliphatic hydroxyl groups is 1. The second-order valence-electron chi connectivity index (χ2n) is 4.13. The number of carbonyl (C=O) groups is 1. The minimum atomic E-state index is -0.893. The fourth-order valence-electron chi connectivity index (χ4n) is 1.99. The minimum Gasteiger partial charge on any atom is -0.481 e. The van der Waals surface area contributed by atoms with Gasteiger partial charge in [-0.1, -0.05) is 46.3 Å². The standard InChI is InChI=1S/C14H13BrO3/c15-12-6-5-11(13(16)7-8-14(17)18)9-3-1-2-4-10(9)12/h1-6,13,16H,7-8H2,(H,17,18). The van der Waals surface area contributed by atoms with Crippen LogP contribution in [0.25, 0.3) is 10.8 Å². The van der Waals surface area contributed by atoms with Gasteiger partial charge >= 0.3 is 5.97 Å². The minimum absolute atomic E-state index is 0.0362. The Balaban J connectivity index is 2.39. The van der Waals surface area contributed by atoms with Crippen LogP contribution in [0.4, 0.5) is 0 Å². The summed E-state index contributed by atoms with van der Waals surface area (Å²) < 4.78 is 0.965. The smallest absolute Gasteiger partial charge is 0.303 e. The first kappa shape index (κ1) is 13.1. The highest BCUT2D eigenvalue weighted by Gasteiger charge is 2.13. The highest BCUT2D eigenvalue weighted by atomic mass is 79.9. The zero-order valence-electron chi connectivity index (χ0n) is 9.64. The van der Waals surface area contributed by atoms with Gasteiger partial charge in [0, 0.05) is 10.9 Å². The molecule has 1 unspecified atom stereocenters. The average molecular weight is 309 g/mol. The Morgan fingerprint density at radius 2 is 1.83 bits per heavy atom. The second kappa shape index (κ2) is 5.50. The molecule has 0 saturated carbocycles. The topological polar surface area (TPSA) is 57.5 Å². The molecule has 18 heavy (non-hydrogen) atoms. The summed E-state index contributed by atoms with van der Waals surface area (Å²) in [5.41, 5.74) is 0.773. The molecule has 0 fully saturated rings. The molecule has 0 spiro atoms. The van der Waals surface area contributed by atoms with Crippen LogP contribution in [-0.4, -0.2) is 16.2 Å². The van der Waals surface area contributed by atoms with Gasteiger partial charge in [0.15, 0.2) is 0 Å². The van der Waals surface area contributed by atoms with Gasteiger partial charge in [-0.2, -0.15) is 0 Å². The van der Waals surface area contributed by atoms with E-state index in [1.807, 2.05) is 36.4 Å². The Hall–Kier alpha value is -1.39. The van der Waals surface area contributed by atoms with Crippen molar-refractivity contribution in [3.8, 4) is 0 Å². The van der Waals surface area contributed by atoms with Crippen LogP contribution in [0.2, 0.25) is 0 Å². The molecule has 1 atom stereocenters. The van der Waals surface area contributed by atoms with E-state index >= 15 is 0 Å². The summed E-state index contributed by atoms with van der Waals surface area (Å²) in [6.07, 6.45) is -0.564. The number of aliphatic carboxylic acids is 1. The van der Waals surface area contributed by atoms with E-state index in [1.54, 1.807) is 0 Å². The Bertz CT molecular complexity index is 580. The van der Waals surface area contributed by atoms with Gasteiger partial charge < -0.3 is 10.2 Å². The van der Waals surface area contributed by atoms with E-state index in [0.717, 1.165) is 20.8 Å². The highest BCUT2D eigenvalue weighted by molar-refractivity contribution is 9.10. The van der Waals surface area contributed by atoms with E-state index in [0.29, 0.717) is 0 Å². The van der Waals surface area contributed by atoms with Gasteiger partial charge in [0.25, 0.3) is 0 Å². The molecule has 0 amide bonds. The first-order valence-corrected chi connectivity index (χ1v) is 6.46. The lowest BCUT2D eigenvalue weighted by Gasteiger charge is -2.13. The molecule has 0 heterocycles. The second-order valence-corrected chi connectivity index (χ2v) is 4.98. The van der Waals surface area contributed by atoms with Gasteiger partial charge in [0.05, 0.1) is 6.10 Å². The lowest BCUT2D eigenvalue weighted by molar-refractivity contribution is -0.137. The highest BCUT2D eigenvalue weighted by Crippen LogP contribution is 2.31. The normalized spacial score (nSPS) is 12.6. The quantitative estimate of drug-likeness (QED) is 0.909. The lowest BCUT2D eigenvalue weighted by atomic mass is 9.98. The number of benzene rings is 2. The number of halogens is 1. The summed E-state index contributed by atoms with van der Waals surface area (Å²) >= 11 is 3.47. The number of carboxylic acids is 1. The molecule has 2 aromatic carbocycles. The fourth-order valence-corrected chi connectivity index (χ4v) is 2.47. The van der Waals surface area contributed by atoms with Gasteiger partial charge in [-0.15, -0.1) is 0 Å². The molecule has 2 rings (SSSR count). The van der Waals surface area contributed by atoms with Gasteiger partial charge in [0.1, 0.15) is 0 Å². The Morgan fingerprint density at radius 1 is 1.17 bits per heavy atom. The molecule has 0 aliphatic heterocycles. The van der Waals surface area contributed by atoms with E-state index < -0.39 is 12.1 Å².